The van der Waals surface area contributed by atoms with E-state index in [1.54, 1.807) is 7.11 Å². The van der Waals surface area contributed by atoms with Crippen LogP contribution in [0, 0.1) is 11.8 Å². The van der Waals surface area contributed by atoms with Crippen LogP contribution in [0.1, 0.15) is 66.2 Å². The maximum absolute atomic E-state index is 6.86. The third-order valence-corrected chi connectivity index (χ3v) is 12.6. The second kappa shape index (κ2) is 11.3. The molecule has 186 valence electrons. The molecule has 1 unspecified atom stereocenters. The number of allylic oxidation sites excluding steroid dienone is 1. The molecule has 1 saturated heterocycles. The lowest BCUT2D eigenvalue weighted by Gasteiger charge is -2.38. The van der Waals surface area contributed by atoms with E-state index in [4.69, 9.17) is 18.3 Å². The molecule has 6 heteroatoms. The number of hydrogen-bond acceptors (Lipinski definition) is 4. The minimum absolute atomic E-state index is 0.0795. The van der Waals surface area contributed by atoms with Crippen LogP contribution in [0.2, 0.25) is 37.8 Å². The molecule has 0 bridgehead atoms. The number of ether oxygens (including phenoxy) is 2. The van der Waals surface area contributed by atoms with Gasteiger partial charge >= 0.3 is 0 Å². The van der Waals surface area contributed by atoms with Gasteiger partial charge in [0, 0.05) is 25.4 Å². The van der Waals surface area contributed by atoms with Crippen molar-refractivity contribution in [3.05, 3.63) is 24.0 Å². The van der Waals surface area contributed by atoms with Crippen molar-refractivity contribution in [3.8, 4) is 0 Å². The molecule has 2 fully saturated rings. The molecule has 0 N–H and O–H groups in total. The molecule has 1 aliphatic carbocycles. The summed E-state index contributed by atoms with van der Waals surface area (Å²) in [5.41, 5.74) is 1.37. The molecule has 4 nitrogen and oxygen atoms in total. The van der Waals surface area contributed by atoms with E-state index in [1.165, 1.54) is 24.8 Å². The Morgan fingerprint density at radius 1 is 1.12 bits per heavy atom. The van der Waals surface area contributed by atoms with Crippen molar-refractivity contribution in [2.75, 3.05) is 7.11 Å². The first-order valence-corrected chi connectivity index (χ1v) is 19.0. The predicted octanol–water partition coefficient (Wildman–Crippen LogP) is 7.65. The molecular weight excluding hydrogens is 432 g/mol. The van der Waals surface area contributed by atoms with Gasteiger partial charge in [0.2, 0.25) is 8.32 Å². The Hall–Kier alpha value is -0.406. The van der Waals surface area contributed by atoms with Crippen LogP contribution in [0.3, 0.4) is 0 Å². The van der Waals surface area contributed by atoms with Crippen molar-refractivity contribution in [3.63, 3.8) is 0 Å². The average molecular weight is 483 g/mol. The lowest BCUT2D eigenvalue weighted by atomic mass is 9.90. The van der Waals surface area contributed by atoms with Crippen molar-refractivity contribution in [2.45, 2.75) is 122 Å². The predicted molar refractivity (Wildman–Crippen MR) is 140 cm³/mol. The molecule has 5 atom stereocenters. The second-order valence-electron chi connectivity index (χ2n) is 12.2. The molecule has 1 aliphatic heterocycles. The van der Waals surface area contributed by atoms with Gasteiger partial charge in [-0.2, -0.15) is 0 Å². The highest BCUT2D eigenvalue weighted by molar-refractivity contribution is 6.74. The molecule has 1 saturated carbocycles. The molecule has 0 radical (unpaired) electrons. The standard InChI is InChI=1S/C26H50O4Si2/c1-11-12-13-14-21(30-32(9,10)26(2,3)4)15-16-22-20(19-28-31(6,7)8)17-24-23(22)18-25(27-5)29-24/h15-16,19,21-25H,11-14,17-18H2,1-10H3/b16-15+,20-19?/t21-,22-,23+,24-,25?/m0/s1. The smallest absolute Gasteiger partial charge is 0.241 e. The lowest BCUT2D eigenvalue weighted by Crippen LogP contribution is -2.43. The van der Waals surface area contributed by atoms with Gasteiger partial charge in [-0.15, -0.1) is 0 Å². The molecule has 0 aromatic rings. The first-order valence-electron chi connectivity index (χ1n) is 12.7. The minimum atomic E-state index is -1.83. The molecule has 0 aromatic carbocycles. The van der Waals surface area contributed by atoms with Crippen molar-refractivity contribution >= 4 is 16.6 Å². The lowest BCUT2D eigenvalue weighted by molar-refractivity contribution is -0.113. The zero-order chi connectivity index (χ0) is 24.2. The van der Waals surface area contributed by atoms with Crippen molar-refractivity contribution in [2.24, 2.45) is 11.8 Å². The van der Waals surface area contributed by atoms with Crippen LogP contribution in [0.15, 0.2) is 24.0 Å². The van der Waals surface area contributed by atoms with Gasteiger partial charge < -0.3 is 18.3 Å². The molecule has 0 aromatic heterocycles. The van der Waals surface area contributed by atoms with E-state index in [2.05, 4.69) is 78.8 Å². The number of methoxy groups -OCH3 is 1. The summed E-state index contributed by atoms with van der Waals surface area (Å²) >= 11 is 0. The van der Waals surface area contributed by atoms with E-state index in [0.717, 1.165) is 19.3 Å². The third-order valence-electron chi connectivity index (χ3n) is 7.30. The summed E-state index contributed by atoms with van der Waals surface area (Å²) in [6, 6.07) is 0. The summed E-state index contributed by atoms with van der Waals surface area (Å²) in [5.74, 6) is 0.796. The first kappa shape index (κ1) is 27.8. The monoisotopic (exact) mass is 482 g/mol. The zero-order valence-corrected chi connectivity index (χ0v) is 24.5. The Morgan fingerprint density at radius 2 is 1.81 bits per heavy atom. The van der Waals surface area contributed by atoms with Crippen LogP contribution in [-0.4, -0.2) is 42.2 Å². The quantitative estimate of drug-likeness (QED) is 0.131. The molecule has 0 amide bonds. The normalized spacial score (nSPS) is 29.1. The molecule has 2 rings (SSSR count). The Bertz CT molecular complexity index is 645. The fraction of sp³-hybridized carbons (Fsp3) is 0.846. The van der Waals surface area contributed by atoms with E-state index < -0.39 is 16.6 Å². The highest BCUT2D eigenvalue weighted by Crippen LogP contribution is 2.47. The number of fused-ring (bicyclic) bond motifs is 1. The van der Waals surface area contributed by atoms with Crippen LogP contribution in [0.4, 0.5) is 0 Å². The van der Waals surface area contributed by atoms with Gasteiger partial charge in [-0.1, -0.05) is 59.1 Å². The average Bonchev–Trinajstić information content (AvgIpc) is 3.20. The fourth-order valence-corrected chi connectivity index (χ4v) is 6.14. The van der Waals surface area contributed by atoms with Gasteiger partial charge in [0.25, 0.3) is 0 Å². The summed E-state index contributed by atoms with van der Waals surface area (Å²) in [4.78, 5) is 0. The Morgan fingerprint density at radius 3 is 2.38 bits per heavy atom. The summed E-state index contributed by atoms with van der Waals surface area (Å²) in [6.45, 7) is 20.7. The molecule has 1 heterocycles. The maximum atomic E-state index is 6.86. The zero-order valence-electron chi connectivity index (χ0n) is 22.5. The number of unbranched alkanes of at least 4 members (excludes halogenated alkanes) is 2. The molecule has 32 heavy (non-hydrogen) atoms. The van der Waals surface area contributed by atoms with Crippen LogP contribution >= 0.6 is 0 Å². The summed E-state index contributed by atoms with van der Waals surface area (Å²) in [5, 5.41) is 0.212. The SMILES string of the molecule is CCCCC[C@@H](/C=C/[C@H]1C(=CO[Si](C)(C)C)C[C@@H]2OC(OC)C[C@@H]21)O[Si](C)(C)C(C)(C)C. The van der Waals surface area contributed by atoms with Crippen molar-refractivity contribution in [1.82, 2.24) is 0 Å². The Kier molecular flexibility index (Phi) is 9.87. The fourth-order valence-electron chi connectivity index (χ4n) is 4.33. The molecular formula is C26H50O4Si2. The second-order valence-corrected chi connectivity index (χ2v) is 21.4. The molecule has 2 aliphatic rings. The summed E-state index contributed by atoms with van der Waals surface area (Å²) in [7, 11) is -1.70. The third kappa shape index (κ3) is 7.83. The van der Waals surface area contributed by atoms with Crippen LogP contribution in [0.5, 0.6) is 0 Å². The van der Waals surface area contributed by atoms with E-state index in [9.17, 15) is 0 Å². The van der Waals surface area contributed by atoms with Crippen LogP contribution < -0.4 is 0 Å². The highest BCUT2D eigenvalue weighted by Gasteiger charge is 2.46. The van der Waals surface area contributed by atoms with Crippen LogP contribution in [0.25, 0.3) is 0 Å². The van der Waals surface area contributed by atoms with Gasteiger partial charge in [0.15, 0.2) is 14.6 Å². The van der Waals surface area contributed by atoms with Gasteiger partial charge in [-0.25, -0.2) is 0 Å². The summed E-state index contributed by atoms with van der Waals surface area (Å²) < 4.78 is 24.8. The van der Waals surface area contributed by atoms with E-state index in [1.807, 2.05) is 0 Å². The number of hydrogen-bond donors (Lipinski definition) is 0. The minimum Gasteiger partial charge on any atom is -0.550 e. The Labute approximate surface area is 200 Å². The highest BCUT2D eigenvalue weighted by atomic mass is 28.4. The molecule has 0 spiro atoms. The largest absolute Gasteiger partial charge is 0.550 e. The van der Waals surface area contributed by atoms with Gasteiger partial charge in [0.1, 0.15) is 0 Å². The summed E-state index contributed by atoms with van der Waals surface area (Å²) in [6.07, 6.45) is 13.9. The van der Waals surface area contributed by atoms with E-state index in [0.29, 0.717) is 11.8 Å². The van der Waals surface area contributed by atoms with Crippen molar-refractivity contribution < 1.29 is 18.3 Å². The van der Waals surface area contributed by atoms with Crippen molar-refractivity contribution in [1.29, 1.82) is 0 Å². The maximum Gasteiger partial charge on any atom is 0.241 e. The Balaban J connectivity index is 2.23. The first-order chi connectivity index (χ1) is 14.8. The van der Waals surface area contributed by atoms with Gasteiger partial charge in [-0.05, 0) is 56.2 Å². The van der Waals surface area contributed by atoms with Gasteiger partial charge in [-0.3, -0.25) is 0 Å². The van der Waals surface area contributed by atoms with Gasteiger partial charge in [0.05, 0.1) is 18.5 Å². The van der Waals surface area contributed by atoms with E-state index in [-0.39, 0.29) is 23.5 Å². The number of rotatable bonds is 11. The van der Waals surface area contributed by atoms with Crippen LogP contribution in [-0.2, 0) is 18.3 Å². The topological polar surface area (TPSA) is 36.9 Å². The van der Waals surface area contributed by atoms with E-state index >= 15 is 0 Å².